The van der Waals surface area contributed by atoms with Crippen molar-refractivity contribution in [1.82, 2.24) is 0 Å². The summed E-state index contributed by atoms with van der Waals surface area (Å²) in [6.07, 6.45) is -20.4. The number of benzene rings is 6. The number of hydrogen-bond acceptors (Lipinski definition) is 29. The van der Waals surface area contributed by atoms with Crippen molar-refractivity contribution < 1.29 is 138 Å². The minimum atomic E-state index is -1.89. The Morgan fingerprint density at radius 3 is 1.31 bits per heavy atom. The summed E-state index contributed by atoms with van der Waals surface area (Å²) in [5.41, 5.74) is -0.0123. The molecule has 29 nitrogen and oxygen atoms in total. The first-order chi connectivity index (χ1) is 59.5. The molecule has 4 aliphatic carbocycles. The average molecular weight is 1710 g/mol. The van der Waals surface area contributed by atoms with Gasteiger partial charge >= 0.3 is 59.7 Å². The van der Waals surface area contributed by atoms with Crippen molar-refractivity contribution in [3.8, 4) is 0 Å². The molecule has 124 heavy (non-hydrogen) atoms. The SMILES string of the molecule is CC(=O)OC[C@H]1O[C@@H](O[C@H]2[C@H](O[C@H]3CC[C@@]4(C)[C@H](CC[C@@H]5[C@@H]4CC[C@]4(C)[C@@H]([C@H](C)C(=O)CC[C@H](C)CO[C@@H]6O[C@H](COC(=O)c7ccccc7)[C@@H](OC(=O)c7ccccc7)[C@H](OC(=O)c7ccccc7)[C@H]6OC(=O)c6ccccc6)C(=O)C[C@@H]54)C3)O[C@H](COC(=O)c3ccccc3)[C@H](O)[C@@H]2OC(=O)c2ccccc2)[C@H](OC(C)=O)[C@@H](OC(C)=O)[C@@H]1OC(C)=O. The molecule has 6 aromatic carbocycles. The number of ether oxygens (including phenoxy) is 16. The first kappa shape index (κ1) is 90.8. The van der Waals surface area contributed by atoms with Crippen molar-refractivity contribution in [1.29, 1.82) is 0 Å². The average Bonchev–Trinajstić information content (AvgIpc) is 1.49. The van der Waals surface area contributed by atoms with E-state index in [0.29, 0.717) is 32.1 Å². The zero-order valence-corrected chi connectivity index (χ0v) is 70.4. The molecule has 6 aromatic rings. The van der Waals surface area contributed by atoms with Crippen LogP contribution in [0.3, 0.4) is 0 Å². The van der Waals surface area contributed by atoms with E-state index in [1.54, 1.807) is 121 Å². The van der Waals surface area contributed by atoms with Gasteiger partial charge in [-0.25, -0.2) is 28.8 Å². The maximum Gasteiger partial charge on any atom is 0.338 e. The van der Waals surface area contributed by atoms with Crippen LogP contribution in [0, 0.1) is 52.3 Å². The lowest BCUT2D eigenvalue weighted by molar-refractivity contribution is -0.373. The highest BCUT2D eigenvalue weighted by Gasteiger charge is 2.65. The van der Waals surface area contributed by atoms with Gasteiger partial charge in [-0.2, -0.15) is 0 Å². The standard InChI is InChI=1S/C95H106O29/c1-53(49-112-91-83(123-90(108)64-37-25-14-26-38-64)81(122-89(107)63-35-23-13-24-36-63)78(120-87(105)61-31-19-11-20-32-61)74(118-91)52-111-86(104)60-29-17-10-18-30-60)39-42-70(100)54(2)75-71(101)48-69-67-41-40-65-47-66(43-45-94(65,7)68(67)44-46-95(69,75)8)116-92-82(124-93-84(115-58(6)99)80(114-57(5)98)77(113-56(4)97)73(119-93)51-109-55(3)96)79(121-88(106)62-33-21-12-22-34-62)76(102)72(117-92)50-110-85(103)59-27-15-9-16-28-59/h9-38,53-54,65-69,72-84,91-93,102H,39-52H2,1-8H3/t53-,54+,65+,66-,67+,68-,69-,72+,73+,74+,75-,76-,77+,78+,79-,80-,81-,82+,83+,84+,91+,92+,93-,94-,95-/m0/s1. The summed E-state index contributed by atoms with van der Waals surface area (Å²) in [5.74, 6) is -10.00. The predicted octanol–water partition coefficient (Wildman–Crippen LogP) is 11.7. The molecule has 660 valence electrons. The van der Waals surface area contributed by atoms with Crippen LogP contribution in [0.5, 0.6) is 0 Å². The quantitative estimate of drug-likeness (QED) is 0.0240. The summed E-state index contributed by atoms with van der Waals surface area (Å²) >= 11 is 0. The Balaban J connectivity index is 0.713. The molecule has 0 aromatic heterocycles. The van der Waals surface area contributed by atoms with Gasteiger partial charge in [0.1, 0.15) is 55.8 Å². The molecule has 0 radical (unpaired) electrons. The summed E-state index contributed by atoms with van der Waals surface area (Å²) in [6.45, 7) is 10.6. The number of aliphatic hydroxyl groups excluding tert-OH is 1. The number of esters is 10. The molecule has 29 heteroatoms. The van der Waals surface area contributed by atoms with Crippen molar-refractivity contribution in [2.24, 2.45) is 52.3 Å². The van der Waals surface area contributed by atoms with Gasteiger partial charge in [0.15, 0.2) is 67.7 Å². The summed E-state index contributed by atoms with van der Waals surface area (Å²) in [5, 5.41) is 12.6. The highest BCUT2D eigenvalue weighted by molar-refractivity contribution is 5.94. The molecular formula is C95H106O29. The van der Waals surface area contributed by atoms with Crippen molar-refractivity contribution in [2.75, 3.05) is 26.4 Å². The number of ketones is 2. The van der Waals surface area contributed by atoms with Gasteiger partial charge in [0.25, 0.3) is 0 Å². The second-order valence-electron chi connectivity index (χ2n) is 33.7. The van der Waals surface area contributed by atoms with Crippen LogP contribution in [-0.2, 0) is 105 Å². The van der Waals surface area contributed by atoms with E-state index in [9.17, 15) is 62.6 Å². The Hall–Kier alpha value is -10.9. The van der Waals surface area contributed by atoms with E-state index < -0.39 is 201 Å². The van der Waals surface area contributed by atoms with E-state index in [-0.39, 0.29) is 93.5 Å². The van der Waals surface area contributed by atoms with Crippen LogP contribution in [-0.4, -0.2) is 201 Å². The first-order valence-electron chi connectivity index (χ1n) is 42.3. The molecule has 7 aliphatic rings. The topological polar surface area (TPSA) is 373 Å². The molecule has 13 rings (SSSR count). The Morgan fingerprint density at radius 1 is 0.411 bits per heavy atom. The molecule has 7 fully saturated rings. The maximum absolute atomic E-state index is 14.9. The van der Waals surface area contributed by atoms with Crippen molar-refractivity contribution in [3.05, 3.63) is 215 Å². The largest absolute Gasteiger partial charge is 0.463 e. The van der Waals surface area contributed by atoms with E-state index in [2.05, 4.69) is 13.8 Å². The van der Waals surface area contributed by atoms with Crippen LogP contribution in [0.4, 0.5) is 0 Å². The molecule has 25 atom stereocenters. The number of carbonyl (C=O) groups excluding carboxylic acids is 12. The highest BCUT2D eigenvalue weighted by atomic mass is 16.8. The maximum atomic E-state index is 14.9. The lowest BCUT2D eigenvalue weighted by atomic mass is 9.44. The third-order valence-electron chi connectivity index (χ3n) is 25.5. The number of fused-ring (bicyclic) bond motifs is 5. The van der Waals surface area contributed by atoms with Crippen molar-refractivity contribution in [2.45, 2.75) is 218 Å². The molecular weight excluding hydrogens is 1610 g/mol. The molecule has 1 N–H and O–H groups in total. The summed E-state index contributed by atoms with van der Waals surface area (Å²) in [7, 11) is 0. The van der Waals surface area contributed by atoms with Gasteiger partial charge in [-0.3, -0.25) is 28.8 Å². The molecule has 3 aliphatic heterocycles. The van der Waals surface area contributed by atoms with Crippen LogP contribution in [0.25, 0.3) is 0 Å². The number of rotatable bonds is 31. The number of Topliss-reactive ketones (excluding diaryl/α,β-unsaturated/α-hetero) is 2. The van der Waals surface area contributed by atoms with Crippen molar-refractivity contribution in [3.63, 3.8) is 0 Å². The number of carbonyl (C=O) groups is 12. The lowest BCUT2D eigenvalue weighted by Gasteiger charge is -2.61. The lowest BCUT2D eigenvalue weighted by Crippen LogP contribution is -2.67. The minimum absolute atomic E-state index is 0.0323. The van der Waals surface area contributed by atoms with Gasteiger partial charge in [0.2, 0.25) is 0 Å². The van der Waals surface area contributed by atoms with Crippen LogP contribution in [0.15, 0.2) is 182 Å². The molecule has 0 spiro atoms. The normalized spacial score (nSPS) is 31.0. The Bertz CT molecular complexity index is 4730. The zero-order valence-electron chi connectivity index (χ0n) is 70.4. The Kier molecular flexibility index (Phi) is 29.9. The third-order valence-corrected chi connectivity index (χ3v) is 25.5. The molecule has 0 bridgehead atoms. The van der Waals surface area contributed by atoms with E-state index >= 15 is 0 Å². The van der Waals surface area contributed by atoms with Gasteiger partial charge in [0.05, 0.1) is 46.1 Å². The summed E-state index contributed by atoms with van der Waals surface area (Å²) < 4.78 is 99.6. The number of aliphatic hydroxyl groups is 1. The summed E-state index contributed by atoms with van der Waals surface area (Å²) in [4.78, 5) is 166. The van der Waals surface area contributed by atoms with Crippen LogP contribution < -0.4 is 0 Å². The van der Waals surface area contributed by atoms with Crippen LogP contribution >= 0.6 is 0 Å². The Morgan fingerprint density at radius 2 is 0.806 bits per heavy atom. The smallest absolute Gasteiger partial charge is 0.338 e. The number of hydrogen-bond donors (Lipinski definition) is 1. The fraction of sp³-hybridized carbons (Fsp3) is 0.495. The van der Waals surface area contributed by atoms with Gasteiger partial charge in [-0.05, 0) is 165 Å². The molecule has 0 unspecified atom stereocenters. The molecule has 0 amide bonds. The first-order valence-corrected chi connectivity index (χ1v) is 42.3. The van der Waals surface area contributed by atoms with E-state index in [0.717, 1.165) is 47.0 Å². The second-order valence-corrected chi connectivity index (χ2v) is 33.7. The molecule has 4 saturated carbocycles. The Labute approximate surface area is 718 Å². The van der Waals surface area contributed by atoms with E-state index in [4.69, 9.17) is 75.8 Å². The van der Waals surface area contributed by atoms with Crippen molar-refractivity contribution >= 4 is 71.3 Å². The third kappa shape index (κ3) is 21.4. The zero-order chi connectivity index (χ0) is 88.1. The van der Waals surface area contributed by atoms with E-state index in [1.807, 2.05) is 13.8 Å². The van der Waals surface area contributed by atoms with Gasteiger partial charge < -0.3 is 80.9 Å². The van der Waals surface area contributed by atoms with Gasteiger partial charge in [-0.1, -0.05) is 137 Å². The summed E-state index contributed by atoms with van der Waals surface area (Å²) in [6, 6.07) is 48.1. The van der Waals surface area contributed by atoms with E-state index in [1.165, 1.54) is 60.7 Å². The fourth-order valence-electron chi connectivity index (χ4n) is 19.5. The van der Waals surface area contributed by atoms with Gasteiger partial charge in [-0.15, -0.1) is 0 Å². The van der Waals surface area contributed by atoms with Gasteiger partial charge in [0, 0.05) is 52.4 Å². The monoisotopic (exact) mass is 1710 g/mol. The molecule has 3 heterocycles. The minimum Gasteiger partial charge on any atom is -0.463 e. The second kappa shape index (κ2) is 40.8. The van der Waals surface area contributed by atoms with Crippen LogP contribution in [0.2, 0.25) is 0 Å². The highest BCUT2D eigenvalue weighted by Crippen LogP contribution is 2.68. The fourth-order valence-corrected chi connectivity index (χ4v) is 19.5. The molecule has 3 saturated heterocycles. The van der Waals surface area contributed by atoms with Crippen LogP contribution in [0.1, 0.15) is 182 Å². The predicted molar refractivity (Wildman–Crippen MR) is 435 cm³/mol.